The van der Waals surface area contributed by atoms with Crippen molar-refractivity contribution in [2.45, 2.75) is 25.9 Å². The minimum atomic E-state index is -2.77. The molecule has 0 saturated carbocycles. The fourth-order valence-electron chi connectivity index (χ4n) is 0.810. The third kappa shape index (κ3) is 6.77. The first-order valence-electron chi connectivity index (χ1n) is 4.30. The maximum Gasteiger partial charge on any atom is 0.203 e. The first-order valence-corrected chi connectivity index (χ1v) is 6.56. The predicted octanol–water partition coefficient (Wildman–Crippen LogP) is 1.60. The van der Waals surface area contributed by atoms with Crippen molar-refractivity contribution in [3.8, 4) is 6.07 Å². The zero-order valence-electron chi connectivity index (χ0n) is 8.06. The highest BCUT2D eigenvalue weighted by molar-refractivity contribution is 7.58. The molecule has 0 radical (unpaired) electrons. The second-order valence-corrected chi connectivity index (χ2v) is 5.68. The van der Waals surface area contributed by atoms with Crippen molar-refractivity contribution in [3.05, 3.63) is 0 Å². The van der Waals surface area contributed by atoms with E-state index in [4.69, 9.17) is 14.9 Å². The Morgan fingerprint density at radius 2 is 2.31 bits per heavy atom. The fraction of sp³-hybridized carbons (Fsp3) is 0.875. The second-order valence-electron chi connectivity index (χ2n) is 3.03. The van der Waals surface area contributed by atoms with Crippen LogP contribution in [0.5, 0.6) is 0 Å². The monoisotopic (exact) mass is 205 g/mol. The number of hydrogen-bond acceptors (Lipinski definition) is 4. The van der Waals surface area contributed by atoms with Crippen LogP contribution < -0.4 is 0 Å². The first-order chi connectivity index (χ1) is 6.02. The molecule has 0 aliphatic carbocycles. The summed E-state index contributed by atoms with van der Waals surface area (Å²) in [4.78, 5) is 0. The van der Waals surface area contributed by atoms with E-state index in [0.29, 0.717) is 6.61 Å². The normalized spacial score (nSPS) is 17.4. The van der Waals surface area contributed by atoms with Crippen LogP contribution in [0.25, 0.3) is 0 Å². The number of unbranched alkanes of at least 4 members (excludes halogenated alkanes) is 1. The average Bonchev–Trinajstić information content (AvgIpc) is 2.03. The number of rotatable bonds is 6. The van der Waals surface area contributed by atoms with E-state index in [2.05, 4.69) is 0 Å². The number of nitrogens with zero attached hydrogens (tertiary/aromatic N) is 1. The van der Waals surface area contributed by atoms with E-state index in [9.17, 15) is 4.57 Å². The molecule has 0 aromatic carbocycles. The standard InChI is InChI=1S/C8H16NO3P/c1-3-4-5-12-13(2,11)7-8(10)6-9/h8,10H,3-5,7H2,1-2H3. The minimum Gasteiger partial charge on any atom is -0.378 e. The molecular formula is C8H16NO3P. The Bertz CT molecular complexity index is 224. The molecule has 0 bridgehead atoms. The minimum absolute atomic E-state index is 0.0762. The lowest BCUT2D eigenvalue weighted by molar-refractivity contribution is 0.240. The zero-order chi connectivity index (χ0) is 10.3. The summed E-state index contributed by atoms with van der Waals surface area (Å²) in [5.41, 5.74) is 0. The van der Waals surface area contributed by atoms with Gasteiger partial charge < -0.3 is 9.63 Å². The van der Waals surface area contributed by atoms with E-state index in [0.717, 1.165) is 12.8 Å². The van der Waals surface area contributed by atoms with Crippen LogP contribution in [0, 0.1) is 11.3 Å². The highest BCUT2D eigenvalue weighted by atomic mass is 31.2. The van der Waals surface area contributed by atoms with Crippen LogP contribution in [0.2, 0.25) is 0 Å². The van der Waals surface area contributed by atoms with Gasteiger partial charge >= 0.3 is 0 Å². The summed E-state index contributed by atoms with van der Waals surface area (Å²) < 4.78 is 16.6. The van der Waals surface area contributed by atoms with E-state index in [1.54, 1.807) is 6.07 Å². The predicted molar refractivity (Wildman–Crippen MR) is 50.9 cm³/mol. The lowest BCUT2D eigenvalue weighted by Gasteiger charge is -2.13. The van der Waals surface area contributed by atoms with Gasteiger partial charge in [0.25, 0.3) is 0 Å². The Hall–Kier alpha value is -0.360. The van der Waals surface area contributed by atoms with Gasteiger partial charge in [0.2, 0.25) is 7.37 Å². The molecule has 0 fully saturated rings. The van der Waals surface area contributed by atoms with E-state index in [-0.39, 0.29) is 6.16 Å². The van der Waals surface area contributed by atoms with Crippen LogP contribution in [0.15, 0.2) is 0 Å². The number of aliphatic hydroxyl groups is 1. The van der Waals surface area contributed by atoms with Gasteiger partial charge in [-0.3, -0.25) is 4.57 Å². The largest absolute Gasteiger partial charge is 0.378 e. The van der Waals surface area contributed by atoms with Crippen molar-refractivity contribution < 1.29 is 14.2 Å². The van der Waals surface area contributed by atoms with E-state index >= 15 is 0 Å². The van der Waals surface area contributed by atoms with Crippen molar-refractivity contribution in [3.63, 3.8) is 0 Å². The molecule has 76 valence electrons. The molecule has 2 atom stereocenters. The van der Waals surface area contributed by atoms with Crippen LogP contribution in [-0.4, -0.2) is 30.6 Å². The molecule has 0 heterocycles. The van der Waals surface area contributed by atoms with Crippen molar-refractivity contribution in [2.24, 2.45) is 0 Å². The topological polar surface area (TPSA) is 70.3 Å². The van der Waals surface area contributed by atoms with Gasteiger partial charge in [-0.05, 0) is 6.42 Å². The molecule has 4 nitrogen and oxygen atoms in total. The molecule has 0 saturated heterocycles. The lowest BCUT2D eigenvalue weighted by atomic mass is 10.4. The van der Waals surface area contributed by atoms with Crippen LogP contribution in [0.4, 0.5) is 0 Å². The maximum absolute atomic E-state index is 11.5. The molecule has 0 aliphatic heterocycles. The van der Waals surface area contributed by atoms with Crippen molar-refractivity contribution in [1.82, 2.24) is 0 Å². The molecule has 2 unspecified atom stereocenters. The SMILES string of the molecule is CCCCOP(C)(=O)CC(O)C#N. The summed E-state index contributed by atoms with van der Waals surface area (Å²) in [7, 11) is -2.77. The van der Waals surface area contributed by atoms with Gasteiger partial charge in [0.1, 0.15) is 6.10 Å². The number of aliphatic hydroxyl groups excluding tert-OH is 1. The fourth-order valence-corrected chi connectivity index (χ4v) is 2.14. The first kappa shape index (κ1) is 12.6. The molecule has 0 aliphatic rings. The van der Waals surface area contributed by atoms with Crippen LogP contribution in [0.1, 0.15) is 19.8 Å². The molecule has 0 rings (SSSR count). The Balaban J connectivity index is 3.81. The zero-order valence-corrected chi connectivity index (χ0v) is 8.96. The van der Waals surface area contributed by atoms with Gasteiger partial charge in [-0.1, -0.05) is 13.3 Å². The Morgan fingerprint density at radius 1 is 1.69 bits per heavy atom. The molecule has 13 heavy (non-hydrogen) atoms. The van der Waals surface area contributed by atoms with Crippen molar-refractivity contribution in [1.29, 1.82) is 5.26 Å². The molecule has 1 N–H and O–H groups in total. The van der Waals surface area contributed by atoms with Crippen LogP contribution >= 0.6 is 7.37 Å². The van der Waals surface area contributed by atoms with E-state index in [1.807, 2.05) is 6.92 Å². The van der Waals surface area contributed by atoms with Gasteiger partial charge in [-0.2, -0.15) is 5.26 Å². The van der Waals surface area contributed by atoms with Gasteiger partial charge in [-0.15, -0.1) is 0 Å². The maximum atomic E-state index is 11.5. The Labute approximate surface area is 79.0 Å². The van der Waals surface area contributed by atoms with Gasteiger partial charge in [-0.25, -0.2) is 0 Å². The Morgan fingerprint density at radius 3 is 2.77 bits per heavy atom. The second kappa shape index (κ2) is 6.15. The molecule has 0 spiro atoms. The van der Waals surface area contributed by atoms with Gasteiger partial charge in [0.15, 0.2) is 0 Å². The average molecular weight is 205 g/mol. The number of hydrogen-bond donors (Lipinski definition) is 1. The van der Waals surface area contributed by atoms with Crippen LogP contribution in [0.3, 0.4) is 0 Å². The summed E-state index contributed by atoms with van der Waals surface area (Å²) in [6.45, 7) is 3.89. The van der Waals surface area contributed by atoms with Gasteiger partial charge in [0.05, 0.1) is 18.8 Å². The highest BCUT2D eigenvalue weighted by Gasteiger charge is 2.20. The summed E-state index contributed by atoms with van der Waals surface area (Å²) in [5, 5.41) is 17.2. The summed E-state index contributed by atoms with van der Waals surface area (Å²) in [5.74, 6) is 0. The summed E-state index contributed by atoms with van der Waals surface area (Å²) in [6, 6.07) is 1.61. The third-order valence-corrected chi connectivity index (χ3v) is 3.25. The van der Waals surface area contributed by atoms with Crippen molar-refractivity contribution in [2.75, 3.05) is 19.4 Å². The van der Waals surface area contributed by atoms with E-state index in [1.165, 1.54) is 6.66 Å². The smallest absolute Gasteiger partial charge is 0.203 e. The molecule has 0 amide bonds. The molecule has 0 aromatic rings. The molecule has 0 aromatic heterocycles. The summed E-state index contributed by atoms with van der Waals surface area (Å²) in [6.07, 6.45) is 0.562. The highest BCUT2D eigenvalue weighted by Crippen LogP contribution is 2.42. The third-order valence-electron chi connectivity index (χ3n) is 1.52. The van der Waals surface area contributed by atoms with E-state index < -0.39 is 13.5 Å². The summed E-state index contributed by atoms with van der Waals surface area (Å²) >= 11 is 0. The van der Waals surface area contributed by atoms with Gasteiger partial charge in [0, 0.05) is 6.66 Å². The van der Waals surface area contributed by atoms with Crippen molar-refractivity contribution >= 4 is 7.37 Å². The molecular weight excluding hydrogens is 189 g/mol. The lowest BCUT2D eigenvalue weighted by Crippen LogP contribution is -2.11. The van der Waals surface area contributed by atoms with Crippen LogP contribution in [-0.2, 0) is 9.09 Å². The quantitative estimate of drug-likeness (QED) is 0.406. The number of nitriles is 1. The Kier molecular flexibility index (Phi) is 5.98. The molecule has 5 heteroatoms.